The van der Waals surface area contributed by atoms with E-state index < -0.39 is 10.0 Å². The molecule has 2 N–H and O–H groups in total. The molecule has 7 heteroatoms. The number of aryl methyl sites for hydroxylation is 1. The van der Waals surface area contributed by atoms with E-state index in [9.17, 15) is 8.42 Å². The number of rotatable bonds is 9. The average Bonchev–Trinajstić information content (AvgIpc) is 2.83. The molecule has 1 unspecified atom stereocenters. The third kappa shape index (κ3) is 5.30. The second-order valence-corrected chi connectivity index (χ2v) is 6.29. The predicted molar refractivity (Wildman–Crippen MR) is 75.5 cm³/mol. The third-order valence-electron chi connectivity index (χ3n) is 2.88. The highest BCUT2D eigenvalue weighted by atomic mass is 32.2. The molecule has 1 atom stereocenters. The summed E-state index contributed by atoms with van der Waals surface area (Å²) in [6, 6.07) is -0.0675. The van der Waals surface area contributed by atoms with Gasteiger partial charge in [0.15, 0.2) is 0 Å². The van der Waals surface area contributed by atoms with Crippen LogP contribution in [-0.4, -0.2) is 37.3 Å². The van der Waals surface area contributed by atoms with Crippen molar-refractivity contribution in [2.45, 2.75) is 51.1 Å². The summed E-state index contributed by atoms with van der Waals surface area (Å²) in [6.07, 6.45) is 4.67. The summed E-state index contributed by atoms with van der Waals surface area (Å²) in [5.41, 5.74) is 0. The predicted octanol–water partition coefficient (Wildman–Crippen LogP) is 0.960. The van der Waals surface area contributed by atoms with E-state index in [2.05, 4.69) is 22.1 Å². The summed E-state index contributed by atoms with van der Waals surface area (Å²) in [5, 5.41) is 7.30. The second kappa shape index (κ2) is 7.62. The number of hydrogen-bond donors (Lipinski definition) is 2. The molecule has 0 saturated carbocycles. The second-order valence-electron chi connectivity index (χ2n) is 4.58. The molecule has 0 aliphatic rings. The quantitative estimate of drug-likeness (QED) is 0.664. The fourth-order valence-electron chi connectivity index (χ4n) is 1.56. The monoisotopic (exact) mass is 288 g/mol. The number of nitrogens with zero attached hydrogens (tertiary/aromatic N) is 2. The van der Waals surface area contributed by atoms with Gasteiger partial charge in [-0.25, -0.2) is 13.1 Å². The molecule has 0 spiro atoms. The maximum Gasteiger partial charge on any atom is 0.243 e. The van der Waals surface area contributed by atoms with Gasteiger partial charge in [0.2, 0.25) is 10.0 Å². The van der Waals surface area contributed by atoms with E-state index in [1.54, 1.807) is 10.9 Å². The van der Waals surface area contributed by atoms with Crippen LogP contribution in [0.5, 0.6) is 0 Å². The topological polar surface area (TPSA) is 76.0 Å². The molecule has 0 aliphatic carbocycles. The van der Waals surface area contributed by atoms with Crippen LogP contribution in [0.25, 0.3) is 0 Å². The van der Waals surface area contributed by atoms with Crippen LogP contribution < -0.4 is 10.0 Å². The van der Waals surface area contributed by atoms with Gasteiger partial charge in [0.25, 0.3) is 0 Å². The third-order valence-corrected chi connectivity index (χ3v) is 4.42. The maximum absolute atomic E-state index is 12.0. The molecule has 19 heavy (non-hydrogen) atoms. The van der Waals surface area contributed by atoms with Crippen molar-refractivity contribution in [1.82, 2.24) is 19.8 Å². The van der Waals surface area contributed by atoms with Gasteiger partial charge >= 0.3 is 0 Å². The molecular formula is C12H24N4O2S. The molecule has 0 bridgehead atoms. The van der Waals surface area contributed by atoms with Gasteiger partial charge in [0.1, 0.15) is 4.90 Å². The smallest absolute Gasteiger partial charge is 0.243 e. The fourth-order valence-corrected chi connectivity index (χ4v) is 2.84. The summed E-state index contributed by atoms with van der Waals surface area (Å²) in [6.45, 7) is 8.40. The number of sulfonamides is 1. The molecule has 0 amide bonds. The van der Waals surface area contributed by atoms with Crippen LogP contribution in [0.2, 0.25) is 0 Å². The van der Waals surface area contributed by atoms with Crippen LogP contribution in [-0.2, 0) is 16.6 Å². The Balaban J connectivity index is 2.58. The van der Waals surface area contributed by atoms with Gasteiger partial charge in [-0.3, -0.25) is 4.68 Å². The van der Waals surface area contributed by atoms with E-state index >= 15 is 0 Å². The molecule has 0 saturated heterocycles. The van der Waals surface area contributed by atoms with Crippen molar-refractivity contribution >= 4 is 10.0 Å². The van der Waals surface area contributed by atoms with E-state index in [0.717, 1.165) is 25.9 Å². The Bertz CT molecular complexity index is 470. The van der Waals surface area contributed by atoms with E-state index in [4.69, 9.17) is 0 Å². The van der Waals surface area contributed by atoms with Gasteiger partial charge in [-0.1, -0.05) is 13.8 Å². The van der Waals surface area contributed by atoms with E-state index in [-0.39, 0.29) is 10.9 Å². The Labute approximate surface area is 115 Å². The van der Waals surface area contributed by atoms with Crippen molar-refractivity contribution in [1.29, 1.82) is 0 Å². The molecule has 0 aliphatic heterocycles. The molecule has 110 valence electrons. The highest BCUT2D eigenvalue weighted by molar-refractivity contribution is 7.89. The fraction of sp³-hybridized carbons (Fsp3) is 0.750. The zero-order chi connectivity index (χ0) is 14.3. The Kier molecular flexibility index (Phi) is 6.47. The maximum atomic E-state index is 12.0. The lowest BCUT2D eigenvalue weighted by atomic mass is 10.3. The highest BCUT2D eigenvalue weighted by Crippen LogP contribution is 2.08. The first-order valence-electron chi connectivity index (χ1n) is 6.75. The van der Waals surface area contributed by atoms with Crippen molar-refractivity contribution in [2.24, 2.45) is 0 Å². The van der Waals surface area contributed by atoms with Crippen molar-refractivity contribution in [3.8, 4) is 0 Å². The molecule has 0 fully saturated rings. The summed E-state index contributed by atoms with van der Waals surface area (Å²) in [4.78, 5) is 0.233. The van der Waals surface area contributed by atoms with Crippen molar-refractivity contribution in [3.05, 3.63) is 12.4 Å². The Hall–Kier alpha value is -0.920. The van der Waals surface area contributed by atoms with Gasteiger partial charge in [-0.15, -0.1) is 0 Å². The first kappa shape index (κ1) is 16.1. The van der Waals surface area contributed by atoms with Crippen LogP contribution in [0.1, 0.15) is 33.6 Å². The van der Waals surface area contributed by atoms with E-state index in [1.807, 2.05) is 13.8 Å². The molecule has 1 heterocycles. The Morgan fingerprint density at radius 1 is 1.42 bits per heavy atom. The molecular weight excluding hydrogens is 264 g/mol. The van der Waals surface area contributed by atoms with E-state index in [1.165, 1.54) is 6.20 Å². The standard InChI is InChI=1S/C12H24N4O2S/c1-4-11(3)15-19(17,18)12-9-14-16(10-12)8-6-7-13-5-2/h9-11,13,15H,4-8H2,1-3H3. The lowest BCUT2D eigenvalue weighted by molar-refractivity contribution is 0.546. The lowest BCUT2D eigenvalue weighted by Crippen LogP contribution is -2.31. The van der Waals surface area contributed by atoms with Crippen LogP contribution in [0, 0.1) is 0 Å². The molecule has 6 nitrogen and oxygen atoms in total. The first-order valence-corrected chi connectivity index (χ1v) is 8.23. The van der Waals surface area contributed by atoms with Gasteiger partial charge < -0.3 is 5.32 Å². The van der Waals surface area contributed by atoms with Crippen LogP contribution in [0.3, 0.4) is 0 Å². The zero-order valence-electron chi connectivity index (χ0n) is 11.9. The Morgan fingerprint density at radius 3 is 2.79 bits per heavy atom. The minimum atomic E-state index is -3.44. The largest absolute Gasteiger partial charge is 0.317 e. The number of nitrogens with one attached hydrogen (secondary N) is 2. The normalized spacial score (nSPS) is 13.6. The summed E-state index contributed by atoms with van der Waals surface area (Å²) in [7, 11) is -3.44. The van der Waals surface area contributed by atoms with Gasteiger partial charge in [-0.05, 0) is 32.9 Å². The number of aromatic nitrogens is 2. The average molecular weight is 288 g/mol. The van der Waals surface area contributed by atoms with Gasteiger partial charge in [0.05, 0.1) is 6.20 Å². The zero-order valence-corrected chi connectivity index (χ0v) is 12.7. The Morgan fingerprint density at radius 2 is 2.16 bits per heavy atom. The molecule has 1 aromatic heterocycles. The molecule has 0 radical (unpaired) electrons. The lowest BCUT2D eigenvalue weighted by Gasteiger charge is -2.10. The molecule has 1 rings (SSSR count). The van der Waals surface area contributed by atoms with Gasteiger partial charge in [0, 0.05) is 18.8 Å². The van der Waals surface area contributed by atoms with Crippen molar-refractivity contribution in [3.63, 3.8) is 0 Å². The highest BCUT2D eigenvalue weighted by Gasteiger charge is 2.18. The minimum Gasteiger partial charge on any atom is -0.317 e. The summed E-state index contributed by atoms with van der Waals surface area (Å²) < 4.78 is 28.3. The van der Waals surface area contributed by atoms with Crippen molar-refractivity contribution < 1.29 is 8.42 Å². The van der Waals surface area contributed by atoms with Crippen molar-refractivity contribution in [2.75, 3.05) is 13.1 Å². The van der Waals surface area contributed by atoms with Crippen LogP contribution in [0.4, 0.5) is 0 Å². The molecule has 1 aromatic rings. The van der Waals surface area contributed by atoms with Crippen LogP contribution >= 0.6 is 0 Å². The minimum absolute atomic E-state index is 0.0675. The van der Waals surface area contributed by atoms with Crippen LogP contribution in [0.15, 0.2) is 17.3 Å². The SMILES string of the molecule is CCNCCCn1cc(S(=O)(=O)NC(C)CC)cn1. The number of hydrogen-bond acceptors (Lipinski definition) is 4. The van der Waals surface area contributed by atoms with E-state index in [0.29, 0.717) is 6.54 Å². The van der Waals surface area contributed by atoms with Gasteiger partial charge in [-0.2, -0.15) is 5.10 Å². The summed E-state index contributed by atoms with van der Waals surface area (Å²) in [5.74, 6) is 0. The summed E-state index contributed by atoms with van der Waals surface area (Å²) >= 11 is 0. The first-order chi connectivity index (χ1) is 8.99. The molecule has 0 aromatic carbocycles.